The zero-order valence-corrected chi connectivity index (χ0v) is 16.5. The molecule has 3 rings (SSSR count). The fraction of sp³-hybridized carbons (Fsp3) is 0.611. The van der Waals surface area contributed by atoms with Crippen molar-refractivity contribution in [1.82, 2.24) is 20.1 Å². The van der Waals surface area contributed by atoms with Crippen molar-refractivity contribution in [1.29, 1.82) is 0 Å². The Balaban J connectivity index is 1.61. The fourth-order valence-electron chi connectivity index (χ4n) is 3.13. The van der Waals surface area contributed by atoms with E-state index in [1.807, 2.05) is 0 Å². The summed E-state index contributed by atoms with van der Waals surface area (Å²) in [6.45, 7) is 5.03. The molecule has 0 spiro atoms. The van der Waals surface area contributed by atoms with Crippen LogP contribution < -0.4 is 5.32 Å². The van der Waals surface area contributed by atoms with Gasteiger partial charge in [0.2, 0.25) is 5.91 Å². The Hall–Kier alpha value is -1.34. The van der Waals surface area contributed by atoms with Gasteiger partial charge in [0, 0.05) is 17.5 Å². The molecule has 0 aliphatic heterocycles. The Morgan fingerprint density at radius 3 is 2.92 bits per heavy atom. The lowest BCUT2D eigenvalue weighted by atomic mass is 10.1. The highest BCUT2D eigenvalue weighted by atomic mass is 32.2. The van der Waals surface area contributed by atoms with E-state index in [4.69, 9.17) is 0 Å². The first-order valence-electron chi connectivity index (χ1n) is 9.00. The summed E-state index contributed by atoms with van der Waals surface area (Å²) in [5, 5.41) is 14.3. The second kappa shape index (κ2) is 8.85. The van der Waals surface area contributed by atoms with Crippen molar-refractivity contribution in [3.8, 4) is 0 Å². The van der Waals surface area contributed by atoms with Crippen LogP contribution in [0.1, 0.15) is 44.4 Å². The van der Waals surface area contributed by atoms with Crippen LogP contribution in [-0.2, 0) is 17.8 Å². The highest BCUT2D eigenvalue weighted by Gasteiger charge is 2.28. The van der Waals surface area contributed by atoms with Crippen LogP contribution in [0.3, 0.4) is 0 Å². The standard InChI is InChI=1S/C18H26N4OS2/c1-13(2)16(17(23)20-14-6-3-4-7-14)25-18-21-19-12-22(18)10-9-15-8-5-11-24-15/h5,8,11-14,16H,3-4,6-7,9-10H2,1-2H3,(H,20,23). The van der Waals surface area contributed by atoms with E-state index in [0.29, 0.717) is 6.04 Å². The zero-order chi connectivity index (χ0) is 17.6. The van der Waals surface area contributed by atoms with Crippen LogP contribution in [0.15, 0.2) is 29.0 Å². The maximum absolute atomic E-state index is 12.7. The van der Waals surface area contributed by atoms with Crippen molar-refractivity contribution in [2.75, 3.05) is 0 Å². The van der Waals surface area contributed by atoms with Crippen LogP contribution in [0.2, 0.25) is 0 Å². The highest BCUT2D eigenvalue weighted by Crippen LogP contribution is 2.28. The van der Waals surface area contributed by atoms with E-state index in [1.54, 1.807) is 17.7 Å². The summed E-state index contributed by atoms with van der Waals surface area (Å²) in [6.07, 6.45) is 7.39. The molecule has 25 heavy (non-hydrogen) atoms. The number of nitrogens with one attached hydrogen (secondary N) is 1. The normalized spacial score (nSPS) is 16.4. The average Bonchev–Trinajstić information content (AvgIpc) is 3.32. The first-order chi connectivity index (χ1) is 12.1. The van der Waals surface area contributed by atoms with Gasteiger partial charge in [-0.15, -0.1) is 21.5 Å². The molecule has 136 valence electrons. The summed E-state index contributed by atoms with van der Waals surface area (Å²) in [7, 11) is 0. The quantitative estimate of drug-likeness (QED) is 0.711. The first kappa shape index (κ1) is 18.5. The highest BCUT2D eigenvalue weighted by molar-refractivity contribution is 8.00. The van der Waals surface area contributed by atoms with E-state index >= 15 is 0 Å². The number of thiophene rings is 1. The Labute approximate surface area is 157 Å². The van der Waals surface area contributed by atoms with Gasteiger partial charge in [-0.1, -0.05) is 44.5 Å². The van der Waals surface area contributed by atoms with E-state index < -0.39 is 0 Å². The SMILES string of the molecule is CC(C)C(Sc1nncn1CCc1cccs1)C(=O)NC1CCCC1. The van der Waals surface area contributed by atoms with E-state index in [-0.39, 0.29) is 17.1 Å². The fourth-order valence-corrected chi connectivity index (χ4v) is 4.87. The van der Waals surface area contributed by atoms with E-state index in [2.05, 4.69) is 51.4 Å². The number of aromatic nitrogens is 3. The Bertz CT molecular complexity index is 662. The maximum atomic E-state index is 12.7. The third-order valence-electron chi connectivity index (χ3n) is 4.56. The topological polar surface area (TPSA) is 59.8 Å². The number of amides is 1. The van der Waals surface area contributed by atoms with Crippen molar-refractivity contribution in [3.63, 3.8) is 0 Å². The number of thioether (sulfide) groups is 1. The summed E-state index contributed by atoms with van der Waals surface area (Å²) in [4.78, 5) is 14.1. The Morgan fingerprint density at radius 2 is 2.24 bits per heavy atom. The predicted molar refractivity (Wildman–Crippen MR) is 103 cm³/mol. The van der Waals surface area contributed by atoms with Gasteiger partial charge in [-0.3, -0.25) is 4.79 Å². The molecule has 1 fully saturated rings. The average molecular weight is 379 g/mol. The van der Waals surface area contributed by atoms with Crippen LogP contribution in [-0.4, -0.2) is 32.0 Å². The summed E-state index contributed by atoms with van der Waals surface area (Å²) in [6, 6.07) is 4.57. The number of carbonyl (C=O) groups is 1. The number of nitrogens with zero attached hydrogens (tertiary/aromatic N) is 3. The first-order valence-corrected chi connectivity index (χ1v) is 10.8. The molecule has 1 aliphatic rings. The van der Waals surface area contributed by atoms with E-state index in [9.17, 15) is 4.79 Å². The van der Waals surface area contributed by atoms with Gasteiger partial charge in [0.25, 0.3) is 0 Å². The van der Waals surface area contributed by atoms with Gasteiger partial charge in [-0.05, 0) is 36.6 Å². The molecule has 1 amide bonds. The van der Waals surface area contributed by atoms with Gasteiger partial charge in [0.05, 0.1) is 5.25 Å². The predicted octanol–water partition coefficient (Wildman–Crippen LogP) is 3.76. The molecule has 7 heteroatoms. The van der Waals surface area contributed by atoms with Crippen LogP contribution in [0.25, 0.3) is 0 Å². The van der Waals surface area contributed by atoms with Gasteiger partial charge in [-0.25, -0.2) is 0 Å². The van der Waals surface area contributed by atoms with Crippen molar-refractivity contribution in [2.24, 2.45) is 5.92 Å². The molecule has 1 unspecified atom stereocenters. The van der Waals surface area contributed by atoms with Crippen LogP contribution >= 0.6 is 23.1 Å². The summed E-state index contributed by atoms with van der Waals surface area (Å²) in [5.41, 5.74) is 0. The monoisotopic (exact) mass is 378 g/mol. The third kappa shape index (κ3) is 5.07. The van der Waals surface area contributed by atoms with Crippen LogP contribution in [0.5, 0.6) is 0 Å². The van der Waals surface area contributed by atoms with Crippen LogP contribution in [0, 0.1) is 5.92 Å². The second-order valence-electron chi connectivity index (χ2n) is 6.91. The van der Waals surface area contributed by atoms with Crippen LogP contribution in [0.4, 0.5) is 0 Å². The van der Waals surface area contributed by atoms with Gasteiger partial charge in [0.1, 0.15) is 6.33 Å². The van der Waals surface area contributed by atoms with Crippen molar-refractivity contribution in [2.45, 2.75) is 68.9 Å². The lowest BCUT2D eigenvalue weighted by Gasteiger charge is -2.22. The third-order valence-corrected chi connectivity index (χ3v) is 7.03. The zero-order valence-electron chi connectivity index (χ0n) is 14.9. The molecule has 5 nitrogen and oxygen atoms in total. The minimum absolute atomic E-state index is 0.134. The number of aryl methyl sites for hydroxylation is 2. The summed E-state index contributed by atoms with van der Waals surface area (Å²) < 4.78 is 2.06. The molecule has 1 saturated carbocycles. The molecular weight excluding hydrogens is 352 g/mol. The van der Waals surface area contributed by atoms with Gasteiger partial charge >= 0.3 is 0 Å². The van der Waals surface area contributed by atoms with Gasteiger partial charge in [-0.2, -0.15) is 0 Å². The van der Waals surface area contributed by atoms with Gasteiger partial charge in [0.15, 0.2) is 5.16 Å². The maximum Gasteiger partial charge on any atom is 0.234 e. The molecule has 2 heterocycles. The summed E-state index contributed by atoms with van der Waals surface area (Å²) >= 11 is 3.31. The molecule has 0 aromatic carbocycles. The van der Waals surface area contributed by atoms with Crippen molar-refractivity contribution >= 4 is 29.0 Å². The number of hydrogen-bond donors (Lipinski definition) is 1. The Kier molecular flexibility index (Phi) is 6.53. The molecule has 2 aromatic rings. The minimum atomic E-state index is -0.134. The molecule has 2 aromatic heterocycles. The lowest BCUT2D eigenvalue weighted by molar-refractivity contribution is -0.121. The number of carbonyl (C=O) groups excluding carboxylic acids is 1. The molecule has 1 aliphatic carbocycles. The molecule has 1 atom stereocenters. The smallest absolute Gasteiger partial charge is 0.234 e. The molecule has 0 saturated heterocycles. The second-order valence-corrected chi connectivity index (χ2v) is 9.05. The molecule has 1 N–H and O–H groups in total. The molecule has 0 radical (unpaired) electrons. The van der Waals surface area contributed by atoms with Crippen molar-refractivity contribution < 1.29 is 4.79 Å². The van der Waals surface area contributed by atoms with E-state index in [1.165, 1.54) is 29.5 Å². The lowest BCUT2D eigenvalue weighted by Crippen LogP contribution is -2.41. The van der Waals surface area contributed by atoms with Crippen molar-refractivity contribution in [3.05, 3.63) is 28.7 Å². The van der Waals surface area contributed by atoms with Gasteiger partial charge < -0.3 is 9.88 Å². The summed E-state index contributed by atoms with van der Waals surface area (Å²) in [5.74, 6) is 0.383. The largest absolute Gasteiger partial charge is 0.352 e. The number of hydrogen-bond acceptors (Lipinski definition) is 5. The van der Waals surface area contributed by atoms with E-state index in [0.717, 1.165) is 31.0 Å². The molecule has 0 bridgehead atoms. The molecular formula is C18H26N4OS2. The minimum Gasteiger partial charge on any atom is -0.352 e. The number of rotatable bonds is 8. The Morgan fingerprint density at radius 1 is 1.44 bits per heavy atom.